The Morgan fingerprint density at radius 3 is 2.33 bits per heavy atom. The van der Waals surface area contributed by atoms with E-state index in [-0.39, 0.29) is 5.11 Å². The molecule has 0 fully saturated rings. The summed E-state index contributed by atoms with van der Waals surface area (Å²) in [6, 6.07) is 0. The average Bonchev–Trinajstić information content (AvgIpc) is 1.35. The first-order chi connectivity index (χ1) is 2.77. The van der Waals surface area contributed by atoms with Crippen LogP contribution in [0.15, 0.2) is 4.47 Å². The molecule has 0 saturated heterocycles. The molecule has 0 atom stereocenters. The molecule has 34 valence electrons. The summed E-state index contributed by atoms with van der Waals surface area (Å²) in [6.45, 7) is 0. The van der Waals surface area contributed by atoms with E-state index in [1.54, 1.807) is 0 Å². The van der Waals surface area contributed by atoms with Gasteiger partial charge in [0.2, 0.25) is 0 Å². The molecule has 0 amide bonds. The van der Waals surface area contributed by atoms with Crippen molar-refractivity contribution in [3.8, 4) is 0 Å². The molecular weight excluding hydrogens is 118 g/mol. The summed E-state index contributed by atoms with van der Waals surface area (Å²) in [7, 11) is 0. The molecule has 0 rings (SSSR count). The largest absolute Gasteiger partial charge is 0.375 e. The van der Waals surface area contributed by atoms with E-state index in [1.165, 1.54) is 0 Å². The Kier molecular flexibility index (Phi) is 2.78. The minimum Gasteiger partial charge on any atom is -0.375 e. The fraction of sp³-hybridized carbons (Fsp3) is 0. The van der Waals surface area contributed by atoms with Gasteiger partial charge in [-0.2, -0.15) is 0 Å². The third-order valence-electron chi connectivity index (χ3n) is 0.156. The number of nitrogens with zero attached hydrogens (tertiary/aromatic N) is 1. The fourth-order valence-electron chi connectivity index (χ4n) is 0.0450. The molecule has 6 heavy (non-hydrogen) atoms. The standard InChI is InChI=1S/CH3N3S2/c2-1(5)3-4-6/h(H3,2,3,5,6). The number of thiocarbonyl (C=S) groups is 1. The Morgan fingerprint density at radius 1 is 1.83 bits per heavy atom. The summed E-state index contributed by atoms with van der Waals surface area (Å²) in [5.41, 5.74) is 7.02. The second-order valence-electron chi connectivity index (χ2n) is 0.567. The Balaban J connectivity index is 3.05. The molecule has 0 aliphatic carbocycles. The van der Waals surface area contributed by atoms with Crippen LogP contribution in [0.3, 0.4) is 0 Å². The van der Waals surface area contributed by atoms with Crippen molar-refractivity contribution in [2.75, 3.05) is 0 Å². The Bertz CT molecular complexity index is 69.2. The number of nitrogens with one attached hydrogen (secondary N) is 1. The second-order valence-corrected chi connectivity index (χ2v) is 1.19. The lowest BCUT2D eigenvalue weighted by molar-refractivity contribution is 1.06. The van der Waals surface area contributed by atoms with E-state index in [0.717, 1.165) is 0 Å². The number of hydrogen-bond acceptors (Lipinski definition) is 3. The Morgan fingerprint density at radius 2 is 2.33 bits per heavy atom. The van der Waals surface area contributed by atoms with Gasteiger partial charge >= 0.3 is 0 Å². The van der Waals surface area contributed by atoms with E-state index >= 15 is 0 Å². The average molecular weight is 121 g/mol. The van der Waals surface area contributed by atoms with Crippen molar-refractivity contribution in [3.63, 3.8) is 0 Å². The molecule has 0 aliphatic heterocycles. The molecule has 0 radical (unpaired) electrons. The zero-order valence-corrected chi connectivity index (χ0v) is 4.47. The van der Waals surface area contributed by atoms with Crippen LogP contribution in [0.4, 0.5) is 0 Å². The van der Waals surface area contributed by atoms with Crippen molar-refractivity contribution < 1.29 is 0 Å². The predicted octanol–water partition coefficient (Wildman–Crippen LogP) is -0.535. The van der Waals surface area contributed by atoms with Crippen LogP contribution in [0.25, 0.3) is 0 Å². The number of nitrogens with two attached hydrogens (primary N) is 1. The smallest absolute Gasteiger partial charge is 0.185 e. The summed E-state index contributed by atoms with van der Waals surface area (Å²) in [5.74, 6) is 0. The molecule has 0 saturated carbocycles. The highest BCUT2D eigenvalue weighted by Gasteiger charge is 1.72. The molecular formula is CH3N3S2. The molecule has 5 heteroatoms. The zero-order chi connectivity index (χ0) is 4.99. The van der Waals surface area contributed by atoms with Gasteiger partial charge in [-0.05, 0) is 12.2 Å². The quantitative estimate of drug-likeness (QED) is 0.361. The van der Waals surface area contributed by atoms with Gasteiger partial charge in [0.05, 0.1) is 12.4 Å². The lowest BCUT2D eigenvalue weighted by Gasteiger charge is -1.85. The van der Waals surface area contributed by atoms with Gasteiger partial charge < -0.3 is 5.73 Å². The summed E-state index contributed by atoms with van der Waals surface area (Å²) < 4.78 is 3.00. The molecule has 3 nitrogen and oxygen atoms in total. The normalized spacial score (nSPS) is 6.67. The van der Waals surface area contributed by atoms with Crippen molar-refractivity contribution >= 4 is 29.8 Å². The molecule has 0 aromatic rings. The van der Waals surface area contributed by atoms with Gasteiger partial charge in [0, 0.05) is 0 Å². The monoisotopic (exact) mass is 121 g/mol. The molecule has 0 aromatic carbocycles. The minimum absolute atomic E-state index is 0.102. The summed E-state index contributed by atoms with van der Waals surface area (Å²) in [5, 5.41) is 0.102. The number of hydrogen-bond donors (Lipinski definition) is 2. The van der Waals surface area contributed by atoms with Gasteiger partial charge in [0.15, 0.2) is 5.11 Å². The summed E-state index contributed by atoms with van der Waals surface area (Å²) in [6.07, 6.45) is 0. The maximum Gasteiger partial charge on any atom is 0.185 e. The van der Waals surface area contributed by atoms with Gasteiger partial charge in [0.1, 0.15) is 0 Å². The molecule has 0 aromatic heterocycles. The molecule has 0 heterocycles. The molecule has 0 bridgehead atoms. The van der Waals surface area contributed by atoms with Crippen molar-refractivity contribution in [2.24, 2.45) is 10.2 Å². The second kappa shape index (κ2) is 2.92. The first kappa shape index (κ1) is 5.71. The van der Waals surface area contributed by atoms with E-state index in [0.29, 0.717) is 0 Å². The maximum atomic E-state index is 4.86. The van der Waals surface area contributed by atoms with Crippen LogP contribution < -0.4 is 11.2 Å². The Hall–Kier alpha value is -0.290. The predicted molar refractivity (Wildman–Crippen MR) is 29.7 cm³/mol. The van der Waals surface area contributed by atoms with Crippen molar-refractivity contribution in [1.82, 2.24) is 5.43 Å². The Labute approximate surface area is 46.0 Å². The van der Waals surface area contributed by atoms with Crippen LogP contribution in [-0.4, -0.2) is 5.11 Å². The third kappa shape index (κ3) is 3.71. The molecule has 0 aliphatic rings. The summed E-state index contributed by atoms with van der Waals surface area (Å²) in [4.78, 5) is 0. The first-order valence-electron chi connectivity index (χ1n) is 1.15. The van der Waals surface area contributed by atoms with Crippen LogP contribution in [0, 0.1) is 0 Å². The number of rotatable bonds is 1. The fourth-order valence-corrected chi connectivity index (χ4v) is 0.247. The van der Waals surface area contributed by atoms with Crippen LogP contribution in [0.5, 0.6) is 0 Å². The van der Waals surface area contributed by atoms with Gasteiger partial charge in [-0.1, -0.05) is 0 Å². The van der Waals surface area contributed by atoms with Crippen LogP contribution in [0.2, 0.25) is 0 Å². The van der Waals surface area contributed by atoms with E-state index < -0.39 is 0 Å². The van der Waals surface area contributed by atoms with E-state index in [4.69, 9.17) is 5.73 Å². The van der Waals surface area contributed by atoms with Crippen molar-refractivity contribution in [3.05, 3.63) is 0 Å². The van der Waals surface area contributed by atoms with Crippen molar-refractivity contribution in [2.45, 2.75) is 0 Å². The first-order valence-corrected chi connectivity index (χ1v) is 1.92. The van der Waals surface area contributed by atoms with Crippen LogP contribution >= 0.6 is 12.2 Å². The lowest BCUT2D eigenvalue weighted by Crippen LogP contribution is -2.22. The highest BCUT2D eigenvalue weighted by molar-refractivity contribution is 7.80. The van der Waals surface area contributed by atoms with Crippen molar-refractivity contribution in [1.29, 1.82) is 0 Å². The highest BCUT2D eigenvalue weighted by atomic mass is 32.1. The highest BCUT2D eigenvalue weighted by Crippen LogP contribution is 1.52. The third-order valence-corrected chi connectivity index (χ3v) is 0.338. The summed E-state index contributed by atoms with van der Waals surface area (Å²) >= 11 is 8.38. The molecule has 0 unspecified atom stereocenters. The topological polar surface area (TPSA) is 50.4 Å². The van der Waals surface area contributed by atoms with Gasteiger partial charge in [0.25, 0.3) is 0 Å². The lowest BCUT2D eigenvalue weighted by atomic mass is 11.2. The van der Waals surface area contributed by atoms with Gasteiger partial charge in [-0.3, -0.25) is 0 Å². The van der Waals surface area contributed by atoms with Crippen LogP contribution in [-0.2, 0) is 12.4 Å². The van der Waals surface area contributed by atoms with E-state index in [2.05, 4.69) is 34.5 Å². The minimum atomic E-state index is 0.102. The van der Waals surface area contributed by atoms with E-state index in [1.807, 2.05) is 0 Å². The molecule has 3 N–H and O–H groups in total. The SMILES string of the molecule is NC(=S)NN=S. The van der Waals surface area contributed by atoms with Gasteiger partial charge in [-0.25, -0.2) is 5.43 Å². The van der Waals surface area contributed by atoms with Gasteiger partial charge in [-0.15, -0.1) is 4.47 Å². The maximum absolute atomic E-state index is 4.86. The van der Waals surface area contributed by atoms with E-state index in [9.17, 15) is 0 Å². The zero-order valence-electron chi connectivity index (χ0n) is 2.84. The van der Waals surface area contributed by atoms with Crippen LogP contribution in [0.1, 0.15) is 0 Å². The molecule has 0 spiro atoms.